The summed E-state index contributed by atoms with van der Waals surface area (Å²) < 4.78 is 6.96. The third kappa shape index (κ3) is 5.18. The molecular weight excluding hydrogens is 378 g/mol. The molecule has 0 spiro atoms. The van der Waals surface area contributed by atoms with Crippen molar-refractivity contribution in [3.63, 3.8) is 0 Å². The molecule has 3 aromatic rings. The van der Waals surface area contributed by atoms with Gasteiger partial charge in [0.2, 0.25) is 0 Å². The lowest BCUT2D eigenvalue weighted by atomic mass is 9.92. The van der Waals surface area contributed by atoms with Gasteiger partial charge in [-0.3, -0.25) is 5.32 Å². The fourth-order valence-electron chi connectivity index (χ4n) is 3.02. The third-order valence-corrected chi connectivity index (χ3v) is 4.64. The summed E-state index contributed by atoms with van der Waals surface area (Å²) in [4.78, 5) is 12.7. The summed E-state index contributed by atoms with van der Waals surface area (Å²) in [5.74, 6) is 1.26. The second kappa shape index (κ2) is 9.00. The topological polar surface area (TPSA) is 94.2 Å². The van der Waals surface area contributed by atoms with Gasteiger partial charge in [0, 0.05) is 23.2 Å². The predicted octanol–water partition coefficient (Wildman–Crippen LogP) is 4.32. The molecule has 0 unspecified atom stereocenters. The number of carbonyl (C=O) groups excluding carboxylic acids is 1. The average Bonchev–Trinajstić information content (AvgIpc) is 3.12. The van der Waals surface area contributed by atoms with Crippen LogP contribution in [-0.2, 0) is 11.8 Å². The molecule has 2 aromatic carbocycles. The van der Waals surface area contributed by atoms with Crippen molar-refractivity contribution in [3.05, 3.63) is 65.9 Å². The number of methoxy groups -OCH3 is 1. The quantitative estimate of drug-likeness (QED) is 0.567. The molecule has 30 heavy (non-hydrogen) atoms. The summed E-state index contributed by atoms with van der Waals surface area (Å²) in [6, 6.07) is 16.8. The SMILES string of the molecule is COc1cccc(NC(=O)Nc2cc(C(C)(C)C)nn2-c2cccc(CCN)c2)c1. The maximum absolute atomic E-state index is 12.7. The van der Waals surface area contributed by atoms with Gasteiger partial charge in [-0.1, -0.05) is 39.0 Å². The number of nitrogens with zero attached hydrogens (tertiary/aromatic N) is 2. The first-order valence-corrected chi connectivity index (χ1v) is 9.92. The van der Waals surface area contributed by atoms with E-state index in [1.807, 2.05) is 42.5 Å². The first-order chi connectivity index (χ1) is 14.3. The number of benzene rings is 2. The molecule has 2 amide bonds. The summed E-state index contributed by atoms with van der Waals surface area (Å²) >= 11 is 0. The largest absolute Gasteiger partial charge is 0.497 e. The van der Waals surface area contributed by atoms with Gasteiger partial charge in [-0.2, -0.15) is 5.10 Å². The average molecular weight is 408 g/mol. The Morgan fingerprint density at radius 2 is 1.87 bits per heavy atom. The first-order valence-electron chi connectivity index (χ1n) is 9.92. The Kier molecular flexibility index (Phi) is 6.42. The lowest BCUT2D eigenvalue weighted by Gasteiger charge is -2.14. The van der Waals surface area contributed by atoms with Crippen LogP contribution in [0.1, 0.15) is 32.0 Å². The number of nitrogens with one attached hydrogen (secondary N) is 2. The number of hydrogen-bond acceptors (Lipinski definition) is 4. The zero-order chi connectivity index (χ0) is 21.7. The fourth-order valence-corrected chi connectivity index (χ4v) is 3.02. The number of nitrogens with two attached hydrogens (primary N) is 1. The minimum Gasteiger partial charge on any atom is -0.497 e. The zero-order valence-electron chi connectivity index (χ0n) is 17.9. The van der Waals surface area contributed by atoms with E-state index in [0.717, 1.165) is 23.4 Å². The van der Waals surface area contributed by atoms with Crippen LogP contribution in [0.5, 0.6) is 5.75 Å². The predicted molar refractivity (Wildman–Crippen MR) is 121 cm³/mol. The van der Waals surface area contributed by atoms with Crippen molar-refractivity contribution in [2.24, 2.45) is 5.73 Å². The van der Waals surface area contributed by atoms with Crippen LogP contribution in [0.15, 0.2) is 54.6 Å². The smallest absolute Gasteiger partial charge is 0.324 e. The Labute approximate surface area is 177 Å². The molecule has 1 aromatic heterocycles. The molecule has 0 fully saturated rings. The van der Waals surface area contributed by atoms with Gasteiger partial charge in [0.25, 0.3) is 0 Å². The number of rotatable bonds is 6. The molecule has 0 aliphatic rings. The van der Waals surface area contributed by atoms with E-state index < -0.39 is 0 Å². The van der Waals surface area contributed by atoms with Crippen LogP contribution in [0.3, 0.4) is 0 Å². The number of carbonyl (C=O) groups is 1. The van der Waals surface area contributed by atoms with E-state index in [1.165, 1.54) is 0 Å². The molecule has 0 bridgehead atoms. The highest BCUT2D eigenvalue weighted by atomic mass is 16.5. The number of aromatic nitrogens is 2. The Hall–Kier alpha value is -3.32. The highest BCUT2D eigenvalue weighted by molar-refractivity contribution is 5.99. The maximum Gasteiger partial charge on any atom is 0.324 e. The van der Waals surface area contributed by atoms with Crippen LogP contribution in [0.2, 0.25) is 0 Å². The lowest BCUT2D eigenvalue weighted by Crippen LogP contribution is -2.21. The van der Waals surface area contributed by atoms with E-state index in [1.54, 1.807) is 23.9 Å². The number of anilines is 2. The van der Waals surface area contributed by atoms with E-state index in [4.69, 9.17) is 15.6 Å². The minimum absolute atomic E-state index is 0.167. The molecule has 0 atom stereocenters. The second-order valence-electron chi connectivity index (χ2n) is 8.10. The van der Waals surface area contributed by atoms with E-state index in [9.17, 15) is 4.79 Å². The van der Waals surface area contributed by atoms with E-state index in [0.29, 0.717) is 23.8 Å². The van der Waals surface area contributed by atoms with Crippen molar-refractivity contribution < 1.29 is 9.53 Å². The highest BCUT2D eigenvalue weighted by Gasteiger charge is 2.21. The standard InChI is InChI=1S/C23H29N5O2/c1-23(2,3)20-15-21(26-22(29)25-17-8-6-10-19(14-17)30-4)28(27-20)18-9-5-7-16(13-18)11-12-24/h5-10,13-15H,11-12,24H2,1-4H3,(H2,25,26,29). The summed E-state index contributed by atoms with van der Waals surface area (Å²) in [6.07, 6.45) is 0.778. The molecule has 7 heteroatoms. The van der Waals surface area contributed by atoms with Gasteiger partial charge in [0.05, 0.1) is 18.5 Å². The number of hydrogen-bond donors (Lipinski definition) is 3. The molecule has 0 aliphatic carbocycles. The van der Waals surface area contributed by atoms with Crippen molar-refractivity contribution in [2.75, 3.05) is 24.3 Å². The van der Waals surface area contributed by atoms with E-state index in [2.05, 4.69) is 31.4 Å². The Balaban J connectivity index is 1.90. The third-order valence-electron chi connectivity index (χ3n) is 4.64. The van der Waals surface area contributed by atoms with E-state index in [-0.39, 0.29) is 11.4 Å². The molecule has 1 heterocycles. The van der Waals surface area contributed by atoms with Crippen molar-refractivity contribution >= 4 is 17.5 Å². The van der Waals surface area contributed by atoms with Crippen LogP contribution in [-0.4, -0.2) is 29.5 Å². The summed E-state index contributed by atoms with van der Waals surface area (Å²) in [5.41, 5.74) is 9.04. The Bertz CT molecular complexity index is 1020. The second-order valence-corrected chi connectivity index (χ2v) is 8.10. The molecule has 0 saturated heterocycles. The molecule has 0 radical (unpaired) electrons. The first kappa shape index (κ1) is 21.4. The van der Waals surface area contributed by atoms with Gasteiger partial charge in [-0.25, -0.2) is 9.48 Å². The highest BCUT2D eigenvalue weighted by Crippen LogP contribution is 2.27. The van der Waals surface area contributed by atoms with Gasteiger partial charge >= 0.3 is 6.03 Å². The molecule has 158 valence electrons. The lowest BCUT2D eigenvalue weighted by molar-refractivity contribution is 0.262. The molecule has 4 N–H and O–H groups in total. The maximum atomic E-state index is 12.7. The van der Waals surface area contributed by atoms with Gasteiger partial charge in [-0.15, -0.1) is 0 Å². The zero-order valence-corrected chi connectivity index (χ0v) is 17.9. The summed E-state index contributed by atoms with van der Waals surface area (Å²) in [7, 11) is 1.59. The van der Waals surface area contributed by atoms with Gasteiger partial charge in [0.1, 0.15) is 11.6 Å². The van der Waals surface area contributed by atoms with Crippen LogP contribution < -0.4 is 21.1 Å². The van der Waals surface area contributed by atoms with E-state index >= 15 is 0 Å². The van der Waals surface area contributed by atoms with Crippen molar-refractivity contribution in [1.29, 1.82) is 0 Å². The Morgan fingerprint density at radius 3 is 2.57 bits per heavy atom. The van der Waals surface area contributed by atoms with Crippen molar-refractivity contribution in [1.82, 2.24) is 9.78 Å². The van der Waals surface area contributed by atoms with Gasteiger partial charge < -0.3 is 15.8 Å². The Morgan fingerprint density at radius 1 is 1.10 bits per heavy atom. The van der Waals surface area contributed by atoms with Crippen molar-refractivity contribution in [3.8, 4) is 11.4 Å². The monoisotopic (exact) mass is 407 g/mol. The fraction of sp³-hybridized carbons (Fsp3) is 0.304. The normalized spacial score (nSPS) is 11.2. The van der Waals surface area contributed by atoms with Crippen LogP contribution in [0.4, 0.5) is 16.3 Å². The number of ether oxygens (including phenoxy) is 1. The molecule has 7 nitrogen and oxygen atoms in total. The number of amides is 2. The van der Waals surface area contributed by atoms with Crippen LogP contribution >= 0.6 is 0 Å². The minimum atomic E-state index is -0.358. The molecule has 0 aliphatic heterocycles. The number of urea groups is 1. The summed E-state index contributed by atoms with van der Waals surface area (Å²) in [5, 5.41) is 10.5. The molecule has 0 saturated carbocycles. The van der Waals surface area contributed by atoms with Gasteiger partial charge in [0.15, 0.2) is 0 Å². The van der Waals surface area contributed by atoms with Crippen LogP contribution in [0.25, 0.3) is 5.69 Å². The molecule has 3 rings (SSSR count). The van der Waals surface area contributed by atoms with Crippen molar-refractivity contribution in [2.45, 2.75) is 32.6 Å². The molecular formula is C23H29N5O2. The van der Waals surface area contributed by atoms with Gasteiger partial charge in [-0.05, 0) is 42.8 Å². The van der Waals surface area contributed by atoms with Crippen LogP contribution in [0, 0.1) is 0 Å². The summed E-state index contributed by atoms with van der Waals surface area (Å²) in [6.45, 7) is 6.84.